The van der Waals surface area contributed by atoms with Crippen molar-refractivity contribution >= 4 is 29.2 Å². The number of hydrogen-bond acceptors (Lipinski definition) is 6. The maximum atomic E-state index is 9.64. The lowest BCUT2D eigenvalue weighted by atomic mass is 10.1. The highest BCUT2D eigenvalue weighted by molar-refractivity contribution is 7.98. The Balaban J connectivity index is 1.96. The topological polar surface area (TPSA) is 70.8 Å². The highest BCUT2D eigenvalue weighted by atomic mass is 35.5. The van der Waals surface area contributed by atoms with Crippen LogP contribution in [-0.4, -0.2) is 35.5 Å². The van der Waals surface area contributed by atoms with E-state index in [1.54, 1.807) is 12.1 Å². The predicted octanol–water partition coefficient (Wildman–Crippen LogP) is 3.98. The third-order valence-electron chi connectivity index (χ3n) is 3.82. The van der Waals surface area contributed by atoms with Crippen LogP contribution in [0.15, 0.2) is 29.4 Å². The molecule has 1 saturated heterocycles. The van der Waals surface area contributed by atoms with E-state index in [1.165, 1.54) is 11.8 Å². The van der Waals surface area contributed by atoms with Crippen molar-refractivity contribution in [2.75, 3.05) is 24.7 Å². The van der Waals surface area contributed by atoms with Crippen molar-refractivity contribution in [3.63, 3.8) is 0 Å². The number of ether oxygens (including phenoxy) is 1. The average Bonchev–Trinajstić information content (AvgIpc) is 3.13. The quantitative estimate of drug-likeness (QED) is 0.642. The van der Waals surface area contributed by atoms with Gasteiger partial charge in [0.1, 0.15) is 17.5 Å². The minimum Gasteiger partial charge on any atom is -0.376 e. The van der Waals surface area contributed by atoms with E-state index >= 15 is 0 Å². The molecule has 1 atom stereocenters. The molecule has 24 heavy (non-hydrogen) atoms. The number of anilines is 1. The van der Waals surface area contributed by atoms with Gasteiger partial charge in [-0.2, -0.15) is 5.26 Å². The minimum absolute atomic E-state index is 0.170. The maximum absolute atomic E-state index is 9.64. The second kappa shape index (κ2) is 7.84. The molecule has 0 amide bonds. The third kappa shape index (κ3) is 3.81. The molecule has 0 aliphatic carbocycles. The van der Waals surface area contributed by atoms with Crippen LogP contribution in [0, 0.1) is 11.3 Å². The summed E-state index contributed by atoms with van der Waals surface area (Å²) in [5.41, 5.74) is 1.89. The van der Waals surface area contributed by atoms with Gasteiger partial charge in [-0.05, 0) is 31.2 Å². The van der Waals surface area contributed by atoms with Crippen LogP contribution in [0.25, 0.3) is 11.3 Å². The molecule has 7 heteroatoms. The number of nitrogens with zero attached hydrogens (tertiary/aromatic N) is 3. The lowest BCUT2D eigenvalue weighted by Gasteiger charge is -2.14. The zero-order chi connectivity index (χ0) is 16.9. The van der Waals surface area contributed by atoms with Gasteiger partial charge in [0, 0.05) is 23.7 Å². The Morgan fingerprint density at radius 1 is 1.38 bits per heavy atom. The van der Waals surface area contributed by atoms with E-state index < -0.39 is 0 Å². The van der Waals surface area contributed by atoms with Crippen molar-refractivity contribution in [1.29, 1.82) is 5.26 Å². The van der Waals surface area contributed by atoms with Gasteiger partial charge in [-0.1, -0.05) is 35.5 Å². The number of nitriles is 1. The van der Waals surface area contributed by atoms with E-state index in [0.717, 1.165) is 25.0 Å². The standard InChI is InChI=1S/C17H17ClN4OS/c1-24-17-21-15(11-4-6-12(18)7-5-11)14(9-19)16(22-17)20-10-13-3-2-8-23-13/h4-7,13H,2-3,8,10H2,1H3,(H,20,21,22)/t13-/m1/s1. The summed E-state index contributed by atoms with van der Waals surface area (Å²) in [6.45, 7) is 1.44. The van der Waals surface area contributed by atoms with E-state index in [2.05, 4.69) is 21.4 Å². The van der Waals surface area contributed by atoms with E-state index in [1.807, 2.05) is 18.4 Å². The van der Waals surface area contributed by atoms with Gasteiger partial charge in [0.2, 0.25) is 0 Å². The number of nitrogens with one attached hydrogen (secondary N) is 1. The molecule has 1 N–H and O–H groups in total. The van der Waals surface area contributed by atoms with E-state index in [9.17, 15) is 5.26 Å². The van der Waals surface area contributed by atoms with Crippen molar-refractivity contribution in [2.24, 2.45) is 0 Å². The van der Waals surface area contributed by atoms with Gasteiger partial charge in [0.25, 0.3) is 0 Å². The smallest absolute Gasteiger partial charge is 0.189 e. The summed E-state index contributed by atoms with van der Waals surface area (Å²) in [5, 5.41) is 14.2. The van der Waals surface area contributed by atoms with Crippen LogP contribution in [0.4, 0.5) is 5.82 Å². The van der Waals surface area contributed by atoms with E-state index in [-0.39, 0.29) is 6.10 Å². The van der Waals surface area contributed by atoms with Gasteiger partial charge < -0.3 is 10.1 Å². The molecule has 2 aromatic rings. The number of thioether (sulfide) groups is 1. The van der Waals surface area contributed by atoms with Crippen molar-refractivity contribution in [3.05, 3.63) is 34.9 Å². The van der Waals surface area contributed by atoms with Crippen LogP contribution in [0.2, 0.25) is 5.02 Å². The molecule has 5 nitrogen and oxygen atoms in total. The van der Waals surface area contributed by atoms with Gasteiger partial charge in [0.15, 0.2) is 5.16 Å². The first-order chi connectivity index (χ1) is 11.7. The first-order valence-electron chi connectivity index (χ1n) is 7.69. The Labute approximate surface area is 150 Å². The molecule has 1 aromatic carbocycles. The molecule has 1 aliphatic heterocycles. The summed E-state index contributed by atoms with van der Waals surface area (Å²) in [6, 6.07) is 9.53. The second-order valence-corrected chi connectivity index (χ2v) is 6.63. The molecule has 3 rings (SSSR count). The van der Waals surface area contributed by atoms with Crippen molar-refractivity contribution < 1.29 is 4.74 Å². The molecular formula is C17H17ClN4OS. The average molecular weight is 361 g/mol. The Kier molecular flexibility index (Phi) is 5.56. The van der Waals surface area contributed by atoms with Crippen LogP contribution < -0.4 is 5.32 Å². The molecule has 0 unspecified atom stereocenters. The zero-order valence-corrected chi connectivity index (χ0v) is 14.8. The molecule has 0 spiro atoms. The molecule has 2 heterocycles. The summed E-state index contributed by atoms with van der Waals surface area (Å²) >= 11 is 7.40. The van der Waals surface area contributed by atoms with Gasteiger partial charge in [-0.3, -0.25) is 0 Å². The second-order valence-electron chi connectivity index (χ2n) is 5.42. The highest BCUT2D eigenvalue weighted by Crippen LogP contribution is 2.29. The minimum atomic E-state index is 0.170. The van der Waals surface area contributed by atoms with E-state index in [4.69, 9.17) is 16.3 Å². The van der Waals surface area contributed by atoms with Gasteiger partial charge in [-0.15, -0.1) is 0 Å². The molecule has 0 saturated carbocycles. The summed E-state index contributed by atoms with van der Waals surface area (Å²) in [6.07, 6.45) is 4.19. The van der Waals surface area contributed by atoms with Crippen LogP contribution in [-0.2, 0) is 4.74 Å². The number of hydrogen-bond donors (Lipinski definition) is 1. The highest BCUT2D eigenvalue weighted by Gasteiger charge is 2.19. The summed E-state index contributed by atoms with van der Waals surface area (Å²) in [5.74, 6) is 0.553. The molecular weight excluding hydrogens is 344 g/mol. The van der Waals surface area contributed by atoms with Crippen LogP contribution in [0.5, 0.6) is 0 Å². The van der Waals surface area contributed by atoms with Gasteiger partial charge in [0.05, 0.1) is 11.8 Å². The van der Waals surface area contributed by atoms with Crippen molar-refractivity contribution in [3.8, 4) is 17.3 Å². The summed E-state index contributed by atoms with van der Waals surface area (Å²) < 4.78 is 5.62. The van der Waals surface area contributed by atoms with Crippen LogP contribution in [0.1, 0.15) is 18.4 Å². The largest absolute Gasteiger partial charge is 0.376 e. The SMILES string of the molecule is CSc1nc(NC[C@H]2CCCO2)c(C#N)c(-c2ccc(Cl)cc2)n1. The summed E-state index contributed by atoms with van der Waals surface area (Å²) in [7, 11) is 0. The molecule has 1 aliphatic rings. The first kappa shape index (κ1) is 17.0. The van der Waals surface area contributed by atoms with Crippen LogP contribution in [0.3, 0.4) is 0 Å². The van der Waals surface area contributed by atoms with Crippen LogP contribution >= 0.6 is 23.4 Å². The fourth-order valence-corrected chi connectivity index (χ4v) is 3.09. The summed E-state index contributed by atoms with van der Waals surface area (Å²) in [4.78, 5) is 8.98. The number of rotatable bonds is 5. The monoisotopic (exact) mass is 360 g/mol. The molecule has 1 aromatic heterocycles. The van der Waals surface area contributed by atoms with Crippen molar-refractivity contribution in [1.82, 2.24) is 9.97 Å². The maximum Gasteiger partial charge on any atom is 0.189 e. The normalized spacial score (nSPS) is 16.8. The Morgan fingerprint density at radius 3 is 2.79 bits per heavy atom. The number of aromatic nitrogens is 2. The third-order valence-corrected chi connectivity index (χ3v) is 4.62. The fourth-order valence-electron chi connectivity index (χ4n) is 2.60. The molecule has 1 fully saturated rings. The zero-order valence-electron chi connectivity index (χ0n) is 13.3. The molecule has 0 radical (unpaired) electrons. The van der Waals surface area contributed by atoms with Crippen molar-refractivity contribution in [2.45, 2.75) is 24.1 Å². The van der Waals surface area contributed by atoms with Gasteiger partial charge >= 0.3 is 0 Å². The Hall–Kier alpha value is -1.81. The molecule has 0 bridgehead atoms. The number of halogens is 1. The lowest BCUT2D eigenvalue weighted by Crippen LogP contribution is -2.20. The fraction of sp³-hybridized carbons (Fsp3) is 0.353. The Bertz CT molecular complexity index is 754. The predicted molar refractivity (Wildman–Crippen MR) is 96.4 cm³/mol. The first-order valence-corrected chi connectivity index (χ1v) is 9.29. The Morgan fingerprint density at radius 2 is 2.17 bits per heavy atom. The van der Waals surface area contributed by atoms with Gasteiger partial charge in [-0.25, -0.2) is 9.97 Å². The van der Waals surface area contributed by atoms with E-state index in [0.29, 0.717) is 33.8 Å². The lowest BCUT2D eigenvalue weighted by molar-refractivity contribution is 0.120. The number of benzene rings is 1. The molecule has 124 valence electrons.